The molecule has 0 saturated carbocycles. The van der Waals surface area contributed by atoms with Crippen LogP contribution in [0.3, 0.4) is 0 Å². The van der Waals surface area contributed by atoms with Crippen LogP contribution in [-0.2, 0) is 0 Å². The Balaban J connectivity index is 3.06. The zero-order chi connectivity index (χ0) is 12.8. The number of hydrogen-bond donors (Lipinski definition) is 2. The predicted molar refractivity (Wildman–Crippen MR) is 72.2 cm³/mol. The summed E-state index contributed by atoms with van der Waals surface area (Å²) >= 11 is 0. The first-order chi connectivity index (χ1) is 8.10. The van der Waals surface area contributed by atoms with Crippen LogP contribution in [0.25, 0.3) is 0 Å². The molecule has 0 aliphatic heterocycles. The fraction of sp³-hybridized carbons (Fsp3) is 0.462. The standard InChI is InChI=1S/C13H21N3O/c1-3-5-8-16(4-2)12-9-10(14)6-7-11(12)13(15)17/h6-7,9H,3-5,8,14H2,1-2H3,(H2,15,17). The van der Waals surface area contributed by atoms with E-state index >= 15 is 0 Å². The van der Waals surface area contributed by atoms with E-state index in [9.17, 15) is 4.79 Å². The molecule has 0 fully saturated rings. The Morgan fingerprint density at radius 1 is 1.35 bits per heavy atom. The highest BCUT2D eigenvalue weighted by molar-refractivity contribution is 5.99. The Morgan fingerprint density at radius 3 is 2.59 bits per heavy atom. The number of nitrogens with two attached hydrogens (primary N) is 2. The average molecular weight is 235 g/mol. The molecule has 0 heterocycles. The van der Waals surface area contributed by atoms with Gasteiger partial charge < -0.3 is 16.4 Å². The maximum atomic E-state index is 11.4. The number of unbranched alkanes of at least 4 members (excludes halogenated alkanes) is 1. The van der Waals surface area contributed by atoms with Crippen molar-refractivity contribution in [3.05, 3.63) is 23.8 Å². The zero-order valence-electron chi connectivity index (χ0n) is 10.6. The Kier molecular flexibility index (Phi) is 4.82. The van der Waals surface area contributed by atoms with Crippen molar-refractivity contribution in [1.82, 2.24) is 0 Å². The molecule has 0 unspecified atom stereocenters. The summed E-state index contributed by atoms with van der Waals surface area (Å²) in [7, 11) is 0. The fourth-order valence-corrected chi connectivity index (χ4v) is 1.82. The molecule has 17 heavy (non-hydrogen) atoms. The van der Waals surface area contributed by atoms with Gasteiger partial charge in [-0.2, -0.15) is 0 Å². The SMILES string of the molecule is CCCCN(CC)c1cc(N)ccc1C(N)=O. The van der Waals surface area contributed by atoms with Crippen molar-refractivity contribution in [1.29, 1.82) is 0 Å². The summed E-state index contributed by atoms with van der Waals surface area (Å²) < 4.78 is 0. The van der Waals surface area contributed by atoms with Crippen molar-refractivity contribution in [2.45, 2.75) is 26.7 Å². The Hall–Kier alpha value is -1.71. The van der Waals surface area contributed by atoms with Crippen molar-refractivity contribution in [2.75, 3.05) is 23.7 Å². The number of hydrogen-bond acceptors (Lipinski definition) is 3. The maximum Gasteiger partial charge on any atom is 0.250 e. The second kappa shape index (κ2) is 6.13. The van der Waals surface area contributed by atoms with Gasteiger partial charge in [0.2, 0.25) is 0 Å². The number of nitrogens with zero attached hydrogens (tertiary/aromatic N) is 1. The van der Waals surface area contributed by atoms with Crippen LogP contribution >= 0.6 is 0 Å². The number of amides is 1. The highest BCUT2D eigenvalue weighted by Gasteiger charge is 2.13. The van der Waals surface area contributed by atoms with Crippen LogP contribution in [0, 0.1) is 0 Å². The molecule has 0 aliphatic rings. The minimum absolute atomic E-state index is 0.407. The number of benzene rings is 1. The lowest BCUT2D eigenvalue weighted by Gasteiger charge is -2.25. The third-order valence-electron chi connectivity index (χ3n) is 2.79. The van der Waals surface area contributed by atoms with Gasteiger partial charge in [0.25, 0.3) is 5.91 Å². The van der Waals surface area contributed by atoms with Crippen LogP contribution in [0.4, 0.5) is 11.4 Å². The largest absolute Gasteiger partial charge is 0.399 e. The summed E-state index contributed by atoms with van der Waals surface area (Å²) in [4.78, 5) is 13.5. The van der Waals surface area contributed by atoms with E-state index in [0.29, 0.717) is 11.3 Å². The lowest BCUT2D eigenvalue weighted by Crippen LogP contribution is -2.27. The first-order valence-corrected chi connectivity index (χ1v) is 6.04. The number of primary amides is 1. The molecule has 1 rings (SSSR count). The van der Waals surface area contributed by atoms with Gasteiger partial charge in [-0.15, -0.1) is 0 Å². The Bertz CT molecular complexity index is 390. The van der Waals surface area contributed by atoms with E-state index in [1.54, 1.807) is 12.1 Å². The topological polar surface area (TPSA) is 72.3 Å². The molecule has 1 aromatic carbocycles. The number of anilines is 2. The van der Waals surface area contributed by atoms with E-state index in [-0.39, 0.29) is 0 Å². The maximum absolute atomic E-state index is 11.4. The van der Waals surface area contributed by atoms with Gasteiger partial charge in [0.05, 0.1) is 11.3 Å². The summed E-state index contributed by atoms with van der Waals surface area (Å²) in [5, 5.41) is 0. The zero-order valence-corrected chi connectivity index (χ0v) is 10.6. The third-order valence-corrected chi connectivity index (χ3v) is 2.79. The van der Waals surface area contributed by atoms with E-state index in [1.807, 2.05) is 6.07 Å². The first-order valence-electron chi connectivity index (χ1n) is 6.04. The molecule has 4 heteroatoms. The number of rotatable bonds is 6. The van der Waals surface area contributed by atoms with E-state index in [1.165, 1.54) is 0 Å². The summed E-state index contributed by atoms with van der Waals surface area (Å²) in [6, 6.07) is 5.22. The van der Waals surface area contributed by atoms with Gasteiger partial charge >= 0.3 is 0 Å². The van der Waals surface area contributed by atoms with Gasteiger partial charge in [0.15, 0.2) is 0 Å². The quantitative estimate of drug-likeness (QED) is 0.741. The molecule has 0 spiro atoms. The molecule has 4 N–H and O–H groups in total. The third kappa shape index (κ3) is 3.37. The molecule has 1 amide bonds. The first kappa shape index (κ1) is 13.4. The van der Waals surface area contributed by atoms with Crippen molar-refractivity contribution in [2.24, 2.45) is 5.73 Å². The molecule has 1 aromatic rings. The lowest BCUT2D eigenvalue weighted by molar-refractivity contribution is 0.100. The lowest BCUT2D eigenvalue weighted by atomic mass is 10.1. The Labute approximate surface area is 103 Å². The molecule has 0 aromatic heterocycles. The molecule has 0 radical (unpaired) electrons. The van der Waals surface area contributed by atoms with E-state index in [0.717, 1.165) is 31.6 Å². The van der Waals surface area contributed by atoms with Crippen molar-refractivity contribution >= 4 is 17.3 Å². The minimum Gasteiger partial charge on any atom is -0.399 e. The van der Waals surface area contributed by atoms with Crippen molar-refractivity contribution in [3.63, 3.8) is 0 Å². The van der Waals surface area contributed by atoms with E-state index < -0.39 is 5.91 Å². The smallest absolute Gasteiger partial charge is 0.250 e. The second-order valence-corrected chi connectivity index (χ2v) is 4.07. The molecular weight excluding hydrogens is 214 g/mol. The van der Waals surface area contributed by atoms with Gasteiger partial charge in [-0.3, -0.25) is 4.79 Å². The van der Waals surface area contributed by atoms with Crippen LogP contribution in [-0.4, -0.2) is 19.0 Å². The van der Waals surface area contributed by atoms with Crippen LogP contribution in [0.1, 0.15) is 37.0 Å². The number of carbonyl (C=O) groups excluding carboxylic acids is 1. The molecular formula is C13H21N3O. The minimum atomic E-state index is -0.407. The molecule has 0 atom stereocenters. The van der Waals surface area contributed by atoms with Crippen LogP contribution in [0.5, 0.6) is 0 Å². The summed E-state index contributed by atoms with van der Waals surface area (Å²) in [5.41, 5.74) is 13.2. The highest BCUT2D eigenvalue weighted by atomic mass is 16.1. The normalized spacial score (nSPS) is 10.2. The average Bonchev–Trinajstić information content (AvgIpc) is 2.29. The highest BCUT2D eigenvalue weighted by Crippen LogP contribution is 2.23. The van der Waals surface area contributed by atoms with Crippen LogP contribution < -0.4 is 16.4 Å². The molecule has 0 saturated heterocycles. The molecule has 0 aliphatic carbocycles. The summed E-state index contributed by atoms with van der Waals surface area (Å²) in [6.07, 6.45) is 2.20. The van der Waals surface area contributed by atoms with E-state index in [4.69, 9.17) is 11.5 Å². The number of nitrogen functional groups attached to an aromatic ring is 1. The second-order valence-electron chi connectivity index (χ2n) is 4.07. The van der Waals surface area contributed by atoms with Crippen molar-refractivity contribution < 1.29 is 4.79 Å². The predicted octanol–water partition coefficient (Wildman–Crippen LogP) is 1.99. The Morgan fingerprint density at radius 2 is 2.06 bits per heavy atom. The van der Waals surface area contributed by atoms with Gasteiger partial charge in [-0.25, -0.2) is 0 Å². The molecule has 4 nitrogen and oxygen atoms in total. The molecule has 0 bridgehead atoms. The summed E-state index contributed by atoms with van der Waals surface area (Å²) in [5.74, 6) is -0.407. The monoisotopic (exact) mass is 235 g/mol. The van der Waals surface area contributed by atoms with Gasteiger partial charge in [0.1, 0.15) is 0 Å². The number of carbonyl (C=O) groups is 1. The summed E-state index contributed by atoms with van der Waals surface area (Å²) in [6.45, 7) is 5.95. The van der Waals surface area contributed by atoms with Gasteiger partial charge in [0, 0.05) is 18.8 Å². The van der Waals surface area contributed by atoms with Gasteiger partial charge in [-0.1, -0.05) is 13.3 Å². The molecule has 94 valence electrons. The van der Waals surface area contributed by atoms with Gasteiger partial charge in [-0.05, 0) is 31.5 Å². The van der Waals surface area contributed by atoms with Crippen LogP contribution in [0.15, 0.2) is 18.2 Å². The van der Waals surface area contributed by atoms with Crippen LogP contribution in [0.2, 0.25) is 0 Å². The van der Waals surface area contributed by atoms with Crippen molar-refractivity contribution in [3.8, 4) is 0 Å². The fourth-order valence-electron chi connectivity index (χ4n) is 1.82. The van der Waals surface area contributed by atoms with E-state index in [2.05, 4.69) is 18.7 Å².